The van der Waals surface area contributed by atoms with Crippen molar-refractivity contribution in [2.24, 2.45) is 0 Å². The van der Waals surface area contributed by atoms with Gasteiger partial charge in [0.1, 0.15) is 5.75 Å². The van der Waals surface area contributed by atoms with Crippen LogP contribution in [0.2, 0.25) is 0 Å². The lowest BCUT2D eigenvalue weighted by Crippen LogP contribution is -2.09. The molecule has 0 amide bonds. The van der Waals surface area contributed by atoms with Crippen LogP contribution in [0.5, 0.6) is 11.5 Å². The predicted molar refractivity (Wildman–Crippen MR) is 107 cm³/mol. The summed E-state index contributed by atoms with van der Waals surface area (Å²) in [5.74, 6) is 0.761. The Bertz CT molecular complexity index is 1120. The van der Waals surface area contributed by atoms with Gasteiger partial charge in [0, 0.05) is 5.56 Å². The zero-order valence-corrected chi connectivity index (χ0v) is 16.6. The fourth-order valence-corrected chi connectivity index (χ4v) is 4.38. The summed E-state index contributed by atoms with van der Waals surface area (Å²) in [6, 6.07) is 15.7. The summed E-state index contributed by atoms with van der Waals surface area (Å²) in [5.41, 5.74) is 7.89. The van der Waals surface area contributed by atoms with Crippen molar-refractivity contribution in [2.45, 2.75) is 27.7 Å². The van der Waals surface area contributed by atoms with Crippen LogP contribution in [-0.2, 0) is 4.57 Å². The highest BCUT2D eigenvalue weighted by Gasteiger charge is 2.37. The lowest BCUT2D eigenvalue weighted by molar-refractivity contribution is 0.282. The van der Waals surface area contributed by atoms with Gasteiger partial charge in [0.25, 0.3) is 0 Å². The molecular weight excluding hydrogens is 359 g/mol. The van der Waals surface area contributed by atoms with Crippen molar-refractivity contribution in [3.63, 3.8) is 0 Å². The maximum absolute atomic E-state index is 12.3. The standard InChI is InChI=1S/C22H21O4P/c1-13-7-5-9-17(15(13)3)19-11-12-20-21(22(19)26-27(23,24)25-20)18-10-6-8-14(2)16(18)4/h5-12H,1-4H3,(H,23,24). The quantitative estimate of drug-likeness (QED) is 0.544. The van der Waals surface area contributed by atoms with Gasteiger partial charge in [-0.2, -0.15) is 0 Å². The first-order valence-corrected chi connectivity index (χ1v) is 10.3. The second kappa shape index (κ2) is 6.26. The highest BCUT2D eigenvalue weighted by Crippen LogP contribution is 2.59. The van der Waals surface area contributed by atoms with E-state index in [0.717, 1.165) is 44.5 Å². The van der Waals surface area contributed by atoms with E-state index in [4.69, 9.17) is 9.05 Å². The Morgan fingerprint density at radius 1 is 0.741 bits per heavy atom. The first-order chi connectivity index (χ1) is 12.8. The smallest absolute Gasteiger partial charge is 0.394 e. The molecule has 0 aliphatic carbocycles. The van der Waals surface area contributed by atoms with E-state index < -0.39 is 7.82 Å². The number of aryl methyl sites for hydroxylation is 2. The predicted octanol–water partition coefficient (Wildman–Crippen LogP) is 6.13. The third-order valence-corrected chi connectivity index (χ3v) is 6.15. The summed E-state index contributed by atoms with van der Waals surface area (Å²) in [4.78, 5) is 10.1. The number of benzene rings is 3. The topological polar surface area (TPSA) is 55.8 Å². The third-order valence-electron chi connectivity index (χ3n) is 5.31. The van der Waals surface area contributed by atoms with Crippen LogP contribution in [0.25, 0.3) is 22.3 Å². The average molecular weight is 380 g/mol. The minimum Gasteiger partial charge on any atom is -0.394 e. The van der Waals surface area contributed by atoms with Gasteiger partial charge in [-0.1, -0.05) is 36.4 Å². The Hall–Kier alpha value is -2.55. The Morgan fingerprint density at radius 2 is 1.33 bits per heavy atom. The van der Waals surface area contributed by atoms with Gasteiger partial charge in [-0.15, -0.1) is 0 Å². The van der Waals surface area contributed by atoms with Gasteiger partial charge in [0.15, 0.2) is 5.75 Å². The molecule has 4 nitrogen and oxygen atoms in total. The lowest BCUT2D eigenvalue weighted by Gasteiger charge is -2.28. The fourth-order valence-electron chi connectivity index (χ4n) is 3.53. The molecule has 0 saturated heterocycles. The molecule has 1 unspecified atom stereocenters. The van der Waals surface area contributed by atoms with Crippen LogP contribution < -0.4 is 9.05 Å². The van der Waals surface area contributed by atoms with Crippen molar-refractivity contribution in [1.29, 1.82) is 0 Å². The summed E-state index contributed by atoms with van der Waals surface area (Å²) in [6.07, 6.45) is 0. The molecular formula is C22H21O4P. The zero-order valence-electron chi connectivity index (χ0n) is 15.7. The molecule has 27 heavy (non-hydrogen) atoms. The molecule has 0 fully saturated rings. The lowest BCUT2D eigenvalue weighted by atomic mass is 9.90. The van der Waals surface area contributed by atoms with E-state index in [2.05, 4.69) is 0 Å². The number of hydrogen-bond donors (Lipinski definition) is 1. The van der Waals surface area contributed by atoms with Crippen LogP contribution in [0.3, 0.4) is 0 Å². The maximum Gasteiger partial charge on any atom is 0.584 e. The monoisotopic (exact) mass is 380 g/mol. The number of phosphoric ester groups is 1. The third kappa shape index (κ3) is 2.95. The molecule has 1 aliphatic rings. The van der Waals surface area contributed by atoms with Crippen molar-refractivity contribution in [3.05, 3.63) is 70.8 Å². The highest BCUT2D eigenvalue weighted by atomic mass is 31.2. The van der Waals surface area contributed by atoms with Gasteiger partial charge < -0.3 is 9.05 Å². The Balaban J connectivity index is 2.06. The molecule has 1 aliphatic heterocycles. The molecule has 2 bridgehead atoms. The first-order valence-electron chi connectivity index (χ1n) is 8.80. The van der Waals surface area contributed by atoms with Crippen LogP contribution >= 0.6 is 7.82 Å². The van der Waals surface area contributed by atoms with Crippen molar-refractivity contribution in [2.75, 3.05) is 0 Å². The van der Waals surface area contributed by atoms with Crippen LogP contribution in [0, 0.1) is 27.7 Å². The molecule has 3 aromatic rings. The van der Waals surface area contributed by atoms with Crippen molar-refractivity contribution < 1.29 is 18.5 Å². The molecule has 5 heteroatoms. The largest absolute Gasteiger partial charge is 0.584 e. The Kier molecular flexibility index (Phi) is 4.14. The molecule has 1 N–H and O–H groups in total. The van der Waals surface area contributed by atoms with E-state index in [-0.39, 0.29) is 0 Å². The zero-order chi connectivity index (χ0) is 19.3. The summed E-state index contributed by atoms with van der Waals surface area (Å²) >= 11 is 0. The fraction of sp³-hybridized carbons (Fsp3) is 0.182. The average Bonchev–Trinajstić information content (AvgIpc) is 2.60. The molecule has 0 aromatic heterocycles. The van der Waals surface area contributed by atoms with Gasteiger partial charge >= 0.3 is 7.82 Å². The van der Waals surface area contributed by atoms with Gasteiger partial charge in [-0.25, -0.2) is 4.57 Å². The molecule has 0 spiro atoms. The van der Waals surface area contributed by atoms with E-state index >= 15 is 0 Å². The maximum atomic E-state index is 12.3. The summed E-state index contributed by atoms with van der Waals surface area (Å²) in [7, 11) is -4.20. The minimum absolute atomic E-state index is 0.366. The molecule has 138 valence electrons. The summed E-state index contributed by atoms with van der Waals surface area (Å²) in [5, 5.41) is 0. The summed E-state index contributed by atoms with van der Waals surface area (Å²) in [6.45, 7) is 8.16. The van der Waals surface area contributed by atoms with E-state index in [1.165, 1.54) is 0 Å². The normalized spacial score (nSPS) is 18.0. The number of hydrogen-bond acceptors (Lipinski definition) is 3. The molecule has 0 radical (unpaired) electrons. The number of phosphoric acid groups is 1. The molecule has 4 rings (SSSR count). The SMILES string of the molecule is Cc1cccc(-c2ccc3c(-c4cccc(C)c4C)c2OP(=O)(O)O3)c1C. The van der Waals surface area contributed by atoms with Crippen LogP contribution in [0.15, 0.2) is 48.5 Å². The van der Waals surface area contributed by atoms with Gasteiger partial charge in [-0.3, -0.25) is 4.89 Å². The number of rotatable bonds is 2. The second-order valence-electron chi connectivity index (χ2n) is 6.96. The summed E-state index contributed by atoms with van der Waals surface area (Å²) < 4.78 is 23.1. The second-order valence-corrected chi connectivity index (χ2v) is 8.26. The van der Waals surface area contributed by atoms with Gasteiger partial charge in [0.2, 0.25) is 0 Å². The Morgan fingerprint density at radius 3 is 2.00 bits per heavy atom. The van der Waals surface area contributed by atoms with Crippen LogP contribution in [0.1, 0.15) is 22.3 Å². The van der Waals surface area contributed by atoms with Crippen molar-refractivity contribution >= 4 is 7.82 Å². The van der Waals surface area contributed by atoms with Gasteiger partial charge in [-0.05, 0) is 73.2 Å². The van der Waals surface area contributed by atoms with Crippen molar-refractivity contribution in [3.8, 4) is 33.8 Å². The molecule has 1 atom stereocenters. The van der Waals surface area contributed by atoms with E-state index in [1.54, 1.807) is 6.07 Å². The van der Waals surface area contributed by atoms with Gasteiger partial charge in [0.05, 0.1) is 5.56 Å². The highest BCUT2D eigenvalue weighted by molar-refractivity contribution is 7.48. The molecule has 3 aromatic carbocycles. The van der Waals surface area contributed by atoms with Crippen LogP contribution in [0.4, 0.5) is 0 Å². The van der Waals surface area contributed by atoms with E-state index in [9.17, 15) is 9.46 Å². The van der Waals surface area contributed by atoms with E-state index in [0.29, 0.717) is 11.5 Å². The minimum atomic E-state index is -4.20. The Labute approximate surface area is 159 Å². The van der Waals surface area contributed by atoms with Crippen LogP contribution in [-0.4, -0.2) is 4.89 Å². The number of fused-ring (bicyclic) bond motifs is 2. The van der Waals surface area contributed by atoms with Crippen molar-refractivity contribution in [1.82, 2.24) is 0 Å². The first kappa shape index (κ1) is 17.8. The molecule has 0 saturated carbocycles. The van der Waals surface area contributed by atoms with E-state index in [1.807, 2.05) is 70.2 Å². The molecule has 1 heterocycles.